The molecule has 0 fully saturated rings. The van der Waals surface area contributed by atoms with Crippen LogP contribution in [0.2, 0.25) is 10.0 Å². The van der Waals surface area contributed by atoms with Gasteiger partial charge in [0.05, 0.1) is 17.3 Å². The molecule has 0 amide bonds. The van der Waals surface area contributed by atoms with Crippen molar-refractivity contribution in [1.82, 2.24) is 14.8 Å². The summed E-state index contributed by atoms with van der Waals surface area (Å²) in [5.74, 6) is 0. The first-order valence-corrected chi connectivity index (χ1v) is 9.39. The molecule has 0 radical (unpaired) electrons. The minimum Gasteiger partial charge on any atom is -0.365 e. The van der Waals surface area contributed by atoms with E-state index in [1.165, 1.54) is 5.69 Å². The van der Waals surface area contributed by atoms with E-state index in [0.717, 1.165) is 47.5 Å². The first-order valence-electron chi connectivity index (χ1n) is 8.63. The van der Waals surface area contributed by atoms with E-state index in [1.54, 1.807) is 6.07 Å². The molecule has 1 aliphatic rings. The molecule has 0 N–H and O–H groups in total. The molecule has 0 saturated heterocycles. The second-order valence-electron chi connectivity index (χ2n) is 6.48. The molecule has 4 nitrogen and oxygen atoms in total. The standard InChI is InChI=1S/C19H20Cl2N4/c1-4-13-10-25-19-16(24(13)5-2)8-11(3)22-18(19)17(23-25)14-7-6-12(20)9-15(14)21/h6-9,13H,4-5,10H2,1-3H3/t13-/m0/s1. The molecule has 1 aliphatic heterocycles. The van der Waals surface area contributed by atoms with Crippen LogP contribution < -0.4 is 4.90 Å². The third-order valence-corrected chi connectivity index (χ3v) is 5.48. The topological polar surface area (TPSA) is 34.0 Å². The molecule has 0 aliphatic carbocycles. The normalized spacial score (nSPS) is 16.7. The van der Waals surface area contributed by atoms with Gasteiger partial charge >= 0.3 is 0 Å². The number of anilines is 1. The van der Waals surface area contributed by atoms with Crippen molar-refractivity contribution in [2.75, 3.05) is 11.4 Å². The first kappa shape index (κ1) is 16.7. The van der Waals surface area contributed by atoms with Crippen LogP contribution in [0.1, 0.15) is 26.0 Å². The van der Waals surface area contributed by atoms with Gasteiger partial charge in [0.1, 0.15) is 16.7 Å². The fourth-order valence-corrected chi connectivity index (χ4v) is 4.27. The van der Waals surface area contributed by atoms with Crippen LogP contribution in [-0.2, 0) is 6.54 Å². The largest absolute Gasteiger partial charge is 0.365 e. The van der Waals surface area contributed by atoms with Gasteiger partial charge in [-0.05, 0) is 44.5 Å². The fraction of sp³-hybridized carbons (Fsp3) is 0.368. The van der Waals surface area contributed by atoms with Gasteiger partial charge in [0.25, 0.3) is 0 Å². The van der Waals surface area contributed by atoms with Gasteiger partial charge in [-0.25, -0.2) is 4.98 Å². The van der Waals surface area contributed by atoms with E-state index in [1.807, 2.05) is 19.1 Å². The predicted octanol–water partition coefficient (Wildman–Crippen LogP) is 5.33. The number of likely N-dealkylation sites (N-methyl/N-ethyl adjacent to an activating group) is 1. The number of aryl methyl sites for hydroxylation is 1. The summed E-state index contributed by atoms with van der Waals surface area (Å²) < 4.78 is 2.09. The zero-order chi connectivity index (χ0) is 17.7. The molecule has 130 valence electrons. The highest BCUT2D eigenvalue weighted by molar-refractivity contribution is 6.36. The third-order valence-electron chi connectivity index (χ3n) is 4.94. The summed E-state index contributed by atoms with van der Waals surface area (Å²) in [4.78, 5) is 7.26. The summed E-state index contributed by atoms with van der Waals surface area (Å²) in [6.45, 7) is 8.30. The van der Waals surface area contributed by atoms with Crippen molar-refractivity contribution in [3.63, 3.8) is 0 Å². The Bertz CT molecular complexity index is 964. The second kappa shape index (κ2) is 6.19. The maximum Gasteiger partial charge on any atom is 0.120 e. The molecule has 0 bridgehead atoms. The van der Waals surface area contributed by atoms with Gasteiger partial charge in [-0.2, -0.15) is 5.10 Å². The van der Waals surface area contributed by atoms with E-state index in [2.05, 4.69) is 29.5 Å². The SMILES string of the molecule is CC[C@H]1Cn2nc(-c3ccc(Cl)cc3Cl)c3nc(C)cc(c32)N1CC. The third kappa shape index (κ3) is 2.59. The smallest absolute Gasteiger partial charge is 0.120 e. The van der Waals surface area contributed by atoms with Crippen LogP contribution in [0, 0.1) is 6.92 Å². The minimum atomic E-state index is 0.441. The van der Waals surface area contributed by atoms with Crippen LogP contribution in [0.15, 0.2) is 24.3 Å². The monoisotopic (exact) mass is 374 g/mol. The Morgan fingerprint density at radius 2 is 2.00 bits per heavy atom. The van der Waals surface area contributed by atoms with Crippen molar-refractivity contribution in [1.29, 1.82) is 0 Å². The van der Waals surface area contributed by atoms with Crippen LogP contribution in [0.4, 0.5) is 5.69 Å². The quantitative estimate of drug-likeness (QED) is 0.620. The Labute approximate surface area is 157 Å². The van der Waals surface area contributed by atoms with E-state index in [-0.39, 0.29) is 0 Å². The summed E-state index contributed by atoms with van der Waals surface area (Å²) in [7, 11) is 0. The van der Waals surface area contributed by atoms with Crippen molar-refractivity contribution in [2.24, 2.45) is 0 Å². The van der Waals surface area contributed by atoms with Gasteiger partial charge in [0, 0.05) is 28.9 Å². The zero-order valence-electron chi connectivity index (χ0n) is 14.6. The number of hydrogen-bond acceptors (Lipinski definition) is 3. The van der Waals surface area contributed by atoms with E-state index < -0.39 is 0 Å². The molecular formula is C19H20Cl2N4. The Morgan fingerprint density at radius 1 is 1.20 bits per heavy atom. The Kier molecular flexibility index (Phi) is 4.13. The average Bonchev–Trinajstić information content (AvgIpc) is 2.93. The van der Waals surface area contributed by atoms with E-state index in [0.29, 0.717) is 16.1 Å². The van der Waals surface area contributed by atoms with Crippen molar-refractivity contribution < 1.29 is 0 Å². The highest BCUT2D eigenvalue weighted by Crippen LogP contribution is 2.40. The van der Waals surface area contributed by atoms with E-state index in [9.17, 15) is 0 Å². The molecule has 4 rings (SSSR count). The van der Waals surface area contributed by atoms with Gasteiger partial charge < -0.3 is 4.90 Å². The van der Waals surface area contributed by atoms with Gasteiger partial charge in [-0.1, -0.05) is 30.1 Å². The average molecular weight is 375 g/mol. The summed E-state index contributed by atoms with van der Waals surface area (Å²) in [5, 5.41) is 6.11. The lowest BCUT2D eigenvalue weighted by molar-refractivity contribution is 0.465. The molecule has 6 heteroatoms. The van der Waals surface area contributed by atoms with Crippen LogP contribution in [0.25, 0.3) is 22.3 Å². The highest BCUT2D eigenvalue weighted by Gasteiger charge is 2.29. The Morgan fingerprint density at radius 3 is 2.68 bits per heavy atom. The van der Waals surface area contributed by atoms with Crippen LogP contribution in [0.5, 0.6) is 0 Å². The van der Waals surface area contributed by atoms with Gasteiger partial charge in [0.2, 0.25) is 0 Å². The number of nitrogens with zero attached hydrogens (tertiary/aromatic N) is 4. The number of hydrogen-bond donors (Lipinski definition) is 0. The lowest BCUT2D eigenvalue weighted by Gasteiger charge is -2.36. The zero-order valence-corrected chi connectivity index (χ0v) is 16.1. The van der Waals surface area contributed by atoms with Crippen LogP contribution in [0.3, 0.4) is 0 Å². The Hall–Kier alpha value is -1.78. The summed E-state index contributed by atoms with van der Waals surface area (Å²) in [6, 6.07) is 8.13. The molecule has 3 heterocycles. The molecule has 0 spiro atoms. The minimum absolute atomic E-state index is 0.441. The fourth-order valence-electron chi connectivity index (χ4n) is 3.77. The lowest BCUT2D eigenvalue weighted by Crippen LogP contribution is -2.41. The summed E-state index contributed by atoms with van der Waals surface area (Å²) >= 11 is 12.5. The molecule has 25 heavy (non-hydrogen) atoms. The molecule has 1 atom stereocenters. The van der Waals surface area contributed by atoms with Crippen molar-refractivity contribution in [3.05, 3.63) is 40.0 Å². The predicted molar refractivity (Wildman–Crippen MR) is 105 cm³/mol. The summed E-state index contributed by atoms with van der Waals surface area (Å²) in [5.41, 5.74) is 5.91. The van der Waals surface area contributed by atoms with Crippen LogP contribution >= 0.6 is 23.2 Å². The molecule has 3 aromatic rings. The Balaban J connectivity index is 2.02. The van der Waals surface area contributed by atoms with Crippen molar-refractivity contribution >= 4 is 39.9 Å². The highest BCUT2D eigenvalue weighted by atomic mass is 35.5. The van der Waals surface area contributed by atoms with Gasteiger partial charge in [-0.15, -0.1) is 0 Å². The van der Waals surface area contributed by atoms with E-state index in [4.69, 9.17) is 33.3 Å². The van der Waals surface area contributed by atoms with Gasteiger partial charge in [0.15, 0.2) is 0 Å². The molecule has 0 saturated carbocycles. The molecule has 0 unspecified atom stereocenters. The second-order valence-corrected chi connectivity index (χ2v) is 7.33. The van der Waals surface area contributed by atoms with Crippen molar-refractivity contribution in [3.8, 4) is 11.3 Å². The molecular weight excluding hydrogens is 355 g/mol. The molecule has 2 aromatic heterocycles. The maximum atomic E-state index is 6.45. The first-order chi connectivity index (χ1) is 12.0. The lowest BCUT2D eigenvalue weighted by atomic mass is 10.1. The van der Waals surface area contributed by atoms with Crippen LogP contribution in [-0.4, -0.2) is 27.4 Å². The van der Waals surface area contributed by atoms with Crippen molar-refractivity contribution in [2.45, 2.75) is 39.8 Å². The number of benzene rings is 1. The summed E-state index contributed by atoms with van der Waals surface area (Å²) in [6.07, 6.45) is 1.08. The van der Waals surface area contributed by atoms with Gasteiger partial charge in [-0.3, -0.25) is 4.68 Å². The molecule has 1 aromatic carbocycles. The maximum absolute atomic E-state index is 6.45. The number of halogens is 2. The number of pyridine rings is 1. The van der Waals surface area contributed by atoms with E-state index >= 15 is 0 Å². The number of aromatic nitrogens is 3. The number of rotatable bonds is 3.